The summed E-state index contributed by atoms with van der Waals surface area (Å²) in [5.74, 6) is 5.34. The third-order valence-electron chi connectivity index (χ3n) is 4.50. The number of benzene rings is 3. The van der Waals surface area contributed by atoms with E-state index >= 15 is 0 Å². The molecule has 3 rings (SSSR count). The number of anilines is 5. The highest BCUT2D eigenvalue weighted by Crippen LogP contribution is 2.33. The summed E-state index contributed by atoms with van der Waals surface area (Å²) in [6, 6.07) is 21.7. The molecular weight excluding hydrogens is 330 g/mol. The number of terminal acetylenes is 2. The zero-order chi connectivity index (χ0) is 19.4. The van der Waals surface area contributed by atoms with Gasteiger partial charge in [0.05, 0.1) is 0 Å². The molecule has 0 aliphatic heterocycles. The standard InChI is InChI=1S/C24H21N3/c1-5-18-9-7-11-21(13-18)26(3)23-15-20(25)16-24(17-23)27(4)22-12-8-10-19(6-2)14-22/h1-2,7-17H,25H2,3-4H3. The van der Waals surface area contributed by atoms with Crippen molar-refractivity contribution in [2.24, 2.45) is 0 Å². The van der Waals surface area contributed by atoms with Gasteiger partial charge < -0.3 is 15.5 Å². The van der Waals surface area contributed by atoms with Crippen LogP contribution in [0.3, 0.4) is 0 Å². The van der Waals surface area contributed by atoms with E-state index in [1.807, 2.05) is 74.8 Å². The molecule has 0 aromatic heterocycles. The lowest BCUT2D eigenvalue weighted by Crippen LogP contribution is -2.13. The van der Waals surface area contributed by atoms with Gasteiger partial charge in [-0.2, -0.15) is 0 Å². The Balaban J connectivity index is 1.98. The fourth-order valence-corrected chi connectivity index (χ4v) is 2.91. The molecule has 0 radical (unpaired) electrons. The minimum absolute atomic E-state index is 0.683. The maximum atomic E-state index is 6.19. The molecule has 3 aromatic carbocycles. The van der Waals surface area contributed by atoms with E-state index in [9.17, 15) is 0 Å². The van der Waals surface area contributed by atoms with Gasteiger partial charge in [-0.15, -0.1) is 12.8 Å². The van der Waals surface area contributed by atoms with E-state index in [1.54, 1.807) is 0 Å². The summed E-state index contributed by atoms with van der Waals surface area (Å²) in [6.07, 6.45) is 11.0. The summed E-state index contributed by atoms with van der Waals surface area (Å²) in [5.41, 5.74) is 12.5. The smallest absolute Gasteiger partial charge is 0.0449 e. The average Bonchev–Trinajstić information content (AvgIpc) is 2.72. The minimum Gasteiger partial charge on any atom is -0.399 e. The lowest BCUT2D eigenvalue weighted by Gasteiger charge is -2.25. The molecule has 3 nitrogen and oxygen atoms in total. The number of rotatable bonds is 4. The van der Waals surface area contributed by atoms with E-state index in [-0.39, 0.29) is 0 Å². The molecule has 3 aromatic rings. The van der Waals surface area contributed by atoms with Crippen LogP contribution in [0.25, 0.3) is 0 Å². The molecular formula is C24H21N3. The van der Waals surface area contributed by atoms with Crippen molar-refractivity contribution in [3.8, 4) is 24.7 Å². The summed E-state index contributed by atoms with van der Waals surface area (Å²) in [7, 11) is 3.99. The van der Waals surface area contributed by atoms with Crippen molar-refractivity contribution in [3.05, 3.63) is 77.9 Å². The Hall–Kier alpha value is -3.82. The first-order chi connectivity index (χ1) is 13.0. The predicted molar refractivity (Wildman–Crippen MR) is 116 cm³/mol. The van der Waals surface area contributed by atoms with Gasteiger partial charge in [0.2, 0.25) is 0 Å². The molecule has 0 fully saturated rings. The summed E-state index contributed by atoms with van der Waals surface area (Å²) in [5, 5.41) is 0. The zero-order valence-corrected chi connectivity index (χ0v) is 15.5. The van der Waals surface area contributed by atoms with Crippen molar-refractivity contribution < 1.29 is 0 Å². The molecule has 0 unspecified atom stereocenters. The molecule has 0 amide bonds. The molecule has 0 saturated carbocycles. The van der Waals surface area contributed by atoms with Crippen molar-refractivity contribution >= 4 is 28.4 Å². The van der Waals surface area contributed by atoms with Crippen LogP contribution in [0, 0.1) is 24.7 Å². The molecule has 27 heavy (non-hydrogen) atoms. The quantitative estimate of drug-likeness (QED) is 0.543. The van der Waals surface area contributed by atoms with Crippen LogP contribution in [-0.2, 0) is 0 Å². The summed E-state index contributed by atoms with van der Waals surface area (Å²) in [6.45, 7) is 0. The van der Waals surface area contributed by atoms with Crippen molar-refractivity contribution in [1.29, 1.82) is 0 Å². The van der Waals surface area contributed by atoms with E-state index in [0.29, 0.717) is 5.69 Å². The van der Waals surface area contributed by atoms with Crippen LogP contribution in [-0.4, -0.2) is 14.1 Å². The van der Waals surface area contributed by atoms with Gasteiger partial charge in [-0.1, -0.05) is 24.0 Å². The lowest BCUT2D eigenvalue weighted by molar-refractivity contribution is 1.18. The average molecular weight is 351 g/mol. The maximum absolute atomic E-state index is 6.19. The largest absolute Gasteiger partial charge is 0.399 e. The molecule has 3 heteroatoms. The van der Waals surface area contributed by atoms with Crippen LogP contribution in [0.4, 0.5) is 28.4 Å². The highest BCUT2D eigenvalue weighted by molar-refractivity contribution is 5.76. The van der Waals surface area contributed by atoms with E-state index in [0.717, 1.165) is 33.9 Å². The Morgan fingerprint density at radius 2 is 1.11 bits per heavy atom. The fourth-order valence-electron chi connectivity index (χ4n) is 2.91. The Bertz CT molecular complexity index is 972. The van der Waals surface area contributed by atoms with Crippen molar-refractivity contribution in [3.63, 3.8) is 0 Å². The Kier molecular flexibility index (Phi) is 5.06. The van der Waals surface area contributed by atoms with Crippen LogP contribution in [0.15, 0.2) is 66.7 Å². The van der Waals surface area contributed by atoms with Gasteiger partial charge in [0.1, 0.15) is 0 Å². The minimum atomic E-state index is 0.683. The second kappa shape index (κ2) is 7.60. The molecule has 0 aliphatic rings. The second-order valence-electron chi connectivity index (χ2n) is 6.29. The van der Waals surface area contributed by atoms with Gasteiger partial charge in [0.25, 0.3) is 0 Å². The van der Waals surface area contributed by atoms with Gasteiger partial charge in [0.15, 0.2) is 0 Å². The molecule has 0 bridgehead atoms. The van der Waals surface area contributed by atoms with E-state index in [2.05, 4.69) is 27.7 Å². The predicted octanol–water partition coefficient (Wildman–Crippen LogP) is 4.77. The van der Waals surface area contributed by atoms with Gasteiger partial charge in [0, 0.05) is 53.7 Å². The number of nitrogen functional groups attached to an aromatic ring is 1. The van der Waals surface area contributed by atoms with E-state index in [4.69, 9.17) is 18.6 Å². The van der Waals surface area contributed by atoms with Crippen molar-refractivity contribution in [1.82, 2.24) is 0 Å². The first kappa shape index (κ1) is 18.0. The van der Waals surface area contributed by atoms with Crippen LogP contribution < -0.4 is 15.5 Å². The SMILES string of the molecule is C#Cc1cccc(N(C)c2cc(N)cc(N(C)c3cccc(C#C)c3)c2)c1. The summed E-state index contributed by atoms with van der Waals surface area (Å²) >= 11 is 0. The number of nitrogens with two attached hydrogens (primary N) is 1. The normalized spacial score (nSPS) is 9.93. The molecule has 0 saturated heterocycles. The highest BCUT2D eigenvalue weighted by atomic mass is 15.1. The van der Waals surface area contributed by atoms with Crippen LogP contribution in [0.1, 0.15) is 11.1 Å². The monoisotopic (exact) mass is 351 g/mol. The van der Waals surface area contributed by atoms with Gasteiger partial charge in [-0.05, 0) is 54.6 Å². The van der Waals surface area contributed by atoms with Crippen molar-refractivity contribution in [2.45, 2.75) is 0 Å². The second-order valence-corrected chi connectivity index (χ2v) is 6.29. The van der Waals surface area contributed by atoms with Crippen LogP contribution >= 0.6 is 0 Å². The van der Waals surface area contributed by atoms with Crippen LogP contribution in [0.2, 0.25) is 0 Å². The topological polar surface area (TPSA) is 32.5 Å². The molecule has 2 N–H and O–H groups in total. The highest BCUT2D eigenvalue weighted by Gasteiger charge is 2.11. The third-order valence-corrected chi connectivity index (χ3v) is 4.50. The number of nitrogens with zero attached hydrogens (tertiary/aromatic N) is 2. The number of hydrogen-bond acceptors (Lipinski definition) is 3. The maximum Gasteiger partial charge on any atom is 0.0449 e. The van der Waals surface area contributed by atoms with E-state index < -0.39 is 0 Å². The molecule has 0 spiro atoms. The Morgan fingerprint density at radius 1 is 0.667 bits per heavy atom. The lowest BCUT2D eigenvalue weighted by atomic mass is 10.1. The van der Waals surface area contributed by atoms with E-state index in [1.165, 1.54) is 0 Å². The first-order valence-corrected chi connectivity index (χ1v) is 8.53. The van der Waals surface area contributed by atoms with Gasteiger partial charge in [-0.25, -0.2) is 0 Å². The van der Waals surface area contributed by atoms with Gasteiger partial charge in [-0.3, -0.25) is 0 Å². The summed E-state index contributed by atoms with van der Waals surface area (Å²) < 4.78 is 0. The van der Waals surface area contributed by atoms with Crippen molar-refractivity contribution in [2.75, 3.05) is 29.6 Å². The summed E-state index contributed by atoms with van der Waals surface area (Å²) in [4.78, 5) is 4.12. The Labute approximate surface area is 161 Å². The zero-order valence-electron chi connectivity index (χ0n) is 15.5. The third kappa shape index (κ3) is 3.89. The molecule has 0 aliphatic carbocycles. The molecule has 132 valence electrons. The Morgan fingerprint density at radius 3 is 1.52 bits per heavy atom. The fraction of sp³-hybridized carbons (Fsp3) is 0.0833. The first-order valence-electron chi connectivity index (χ1n) is 8.53. The molecule has 0 atom stereocenters. The number of hydrogen-bond donors (Lipinski definition) is 1. The van der Waals surface area contributed by atoms with Gasteiger partial charge >= 0.3 is 0 Å². The van der Waals surface area contributed by atoms with Crippen LogP contribution in [0.5, 0.6) is 0 Å². The molecule has 0 heterocycles.